The van der Waals surface area contributed by atoms with Crippen molar-refractivity contribution in [3.63, 3.8) is 0 Å². The quantitative estimate of drug-likeness (QED) is 0.349. The molecule has 0 aromatic carbocycles. The van der Waals surface area contributed by atoms with E-state index in [0.717, 1.165) is 0 Å². The number of hydrogen-bond acceptors (Lipinski definition) is 2. The zero-order valence-corrected chi connectivity index (χ0v) is 3.80. The molecule has 46 valence electrons. The maximum Gasteiger partial charge on any atom is 0.441 e. The van der Waals surface area contributed by atoms with Gasteiger partial charge in [0.2, 0.25) is 6.30 Å². The van der Waals surface area contributed by atoms with Gasteiger partial charge in [0.1, 0.15) is 6.61 Å². The summed E-state index contributed by atoms with van der Waals surface area (Å²) in [5.41, 5.74) is 0. The van der Waals surface area contributed by atoms with Crippen molar-refractivity contribution in [1.29, 1.82) is 0 Å². The lowest BCUT2D eigenvalue weighted by atomic mass is 10.7. The standard InChI is InChI=1S/C3H3F2NO2/c4-2-1-8-3(7)6(2)5/h2H,1H2. The van der Waals surface area contributed by atoms with E-state index in [1.165, 1.54) is 0 Å². The Morgan fingerprint density at radius 1 is 1.88 bits per heavy atom. The lowest BCUT2D eigenvalue weighted by molar-refractivity contribution is -0.00450. The summed E-state index contributed by atoms with van der Waals surface area (Å²) >= 11 is 0. The van der Waals surface area contributed by atoms with Crippen LogP contribution in [0.3, 0.4) is 0 Å². The summed E-state index contributed by atoms with van der Waals surface area (Å²) < 4.78 is 27.4. The lowest BCUT2D eigenvalue weighted by Gasteiger charge is -1.97. The Morgan fingerprint density at radius 2 is 2.50 bits per heavy atom. The number of cyclic esters (lactones) is 1. The average Bonchev–Trinajstić information content (AvgIpc) is 1.98. The lowest BCUT2D eigenvalue weighted by Crippen LogP contribution is -2.20. The summed E-state index contributed by atoms with van der Waals surface area (Å²) in [6.07, 6.45) is -3.17. The molecule has 1 atom stereocenters. The molecule has 0 spiro atoms. The molecule has 1 rings (SSSR count). The van der Waals surface area contributed by atoms with Gasteiger partial charge in [0.15, 0.2) is 0 Å². The molecule has 0 saturated carbocycles. The normalized spacial score (nSPS) is 28.5. The SMILES string of the molecule is O=C1OCC(F)N1F. The maximum atomic E-state index is 11.8. The van der Waals surface area contributed by atoms with Crippen molar-refractivity contribution in [1.82, 2.24) is 5.12 Å². The monoisotopic (exact) mass is 123 g/mol. The zero-order valence-electron chi connectivity index (χ0n) is 3.80. The fourth-order valence-corrected chi connectivity index (χ4v) is 0.382. The third-order valence-corrected chi connectivity index (χ3v) is 0.765. The van der Waals surface area contributed by atoms with Crippen molar-refractivity contribution in [2.75, 3.05) is 6.61 Å². The van der Waals surface area contributed by atoms with Crippen LogP contribution < -0.4 is 0 Å². The molecule has 1 amide bonds. The van der Waals surface area contributed by atoms with Crippen LogP contribution in [0.1, 0.15) is 0 Å². The molecule has 0 aromatic heterocycles. The van der Waals surface area contributed by atoms with E-state index in [1.54, 1.807) is 0 Å². The molecule has 0 bridgehead atoms. The fourth-order valence-electron chi connectivity index (χ4n) is 0.382. The fraction of sp³-hybridized carbons (Fsp3) is 0.667. The second-order valence-corrected chi connectivity index (χ2v) is 1.32. The number of ether oxygens (including phenoxy) is 1. The maximum absolute atomic E-state index is 11.8. The molecular formula is C3H3F2NO2. The molecule has 0 N–H and O–H groups in total. The number of carbonyl (C=O) groups is 1. The molecule has 0 aliphatic carbocycles. The Bertz CT molecular complexity index is 118. The number of carbonyl (C=O) groups excluding carboxylic acids is 1. The van der Waals surface area contributed by atoms with Crippen LogP contribution in [0.15, 0.2) is 0 Å². The van der Waals surface area contributed by atoms with Gasteiger partial charge in [-0.1, -0.05) is 4.48 Å². The molecule has 1 saturated heterocycles. The molecule has 0 aromatic rings. The number of hydrogen-bond donors (Lipinski definition) is 0. The van der Waals surface area contributed by atoms with Crippen LogP contribution in [-0.2, 0) is 4.74 Å². The topological polar surface area (TPSA) is 29.5 Å². The summed E-state index contributed by atoms with van der Waals surface area (Å²) in [6.45, 7) is -0.505. The van der Waals surface area contributed by atoms with Gasteiger partial charge in [-0.15, -0.1) is 5.12 Å². The van der Waals surface area contributed by atoms with E-state index in [9.17, 15) is 13.7 Å². The molecule has 1 aliphatic rings. The summed E-state index contributed by atoms with van der Waals surface area (Å²) in [6, 6.07) is 0. The first kappa shape index (κ1) is 5.27. The van der Waals surface area contributed by atoms with E-state index in [0.29, 0.717) is 0 Å². The second kappa shape index (κ2) is 1.57. The van der Waals surface area contributed by atoms with Gasteiger partial charge in [-0.05, 0) is 0 Å². The van der Waals surface area contributed by atoms with Gasteiger partial charge in [-0.2, -0.15) is 0 Å². The van der Waals surface area contributed by atoms with Crippen molar-refractivity contribution in [3.8, 4) is 0 Å². The van der Waals surface area contributed by atoms with Crippen LogP contribution in [0, 0.1) is 0 Å². The number of halogens is 2. The molecule has 1 unspecified atom stereocenters. The average molecular weight is 123 g/mol. The second-order valence-electron chi connectivity index (χ2n) is 1.32. The molecule has 1 heterocycles. The Kier molecular flexibility index (Phi) is 1.04. The van der Waals surface area contributed by atoms with Crippen LogP contribution in [0.5, 0.6) is 0 Å². The summed E-state index contributed by atoms with van der Waals surface area (Å²) in [5.74, 6) is 0. The minimum Gasteiger partial charge on any atom is -0.442 e. The van der Waals surface area contributed by atoms with E-state index in [4.69, 9.17) is 0 Å². The van der Waals surface area contributed by atoms with Crippen LogP contribution in [0.2, 0.25) is 0 Å². The third-order valence-electron chi connectivity index (χ3n) is 0.765. The first-order chi connectivity index (χ1) is 3.72. The highest BCUT2D eigenvalue weighted by atomic mass is 19.2. The molecule has 1 fully saturated rings. The number of alkyl halides is 1. The Morgan fingerprint density at radius 3 is 2.62 bits per heavy atom. The van der Waals surface area contributed by atoms with Gasteiger partial charge in [-0.3, -0.25) is 0 Å². The molecule has 3 nitrogen and oxygen atoms in total. The van der Waals surface area contributed by atoms with Gasteiger partial charge in [0.05, 0.1) is 0 Å². The van der Waals surface area contributed by atoms with Gasteiger partial charge < -0.3 is 4.74 Å². The van der Waals surface area contributed by atoms with Crippen LogP contribution in [0.4, 0.5) is 13.7 Å². The minimum absolute atomic E-state index is 0.505. The summed E-state index contributed by atoms with van der Waals surface area (Å²) in [5, 5.41) is -0.583. The van der Waals surface area contributed by atoms with E-state index < -0.39 is 24.1 Å². The summed E-state index contributed by atoms with van der Waals surface area (Å²) in [7, 11) is 0. The third kappa shape index (κ3) is 0.595. The first-order valence-corrected chi connectivity index (χ1v) is 1.97. The highest BCUT2D eigenvalue weighted by Crippen LogP contribution is 2.12. The van der Waals surface area contributed by atoms with Crippen molar-refractivity contribution < 1.29 is 18.4 Å². The number of amides is 1. The predicted octanol–water partition coefficient (Wildman–Crippen LogP) is 0.619. The minimum atomic E-state index is -1.91. The van der Waals surface area contributed by atoms with Crippen LogP contribution in [0.25, 0.3) is 0 Å². The van der Waals surface area contributed by atoms with Crippen molar-refractivity contribution in [3.05, 3.63) is 0 Å². The van der Waals surface area contributed by atoms with Gasteiger partial charge in [0.25, 0.3) is 0 Å². The molecule has 1 aliphatic heterocycles. The van der Waals surface area contributed by atoms with E-state index in [-0.39, 0.29) is 0 Å². The van der Waals surface area contributed by atoms with Crippen LogP contribution in [-0.4, -0.2) is 24.1 Å². The first-order valence-electron chi connectivity index (χ1n) is 1.97. The summed E-state index contributed by atoms with van der Waals surface area (Å²) in [4.78, 5) is 9.87. The van der Waals surface area contributed by atoms with Gasteiger partial charge >= 0.3 is 6.09 Å². The van der Waals surface area contributed by atoms with Gasteiger partial charge in [0, 0.05) is 0 Å². The molecular weight excluding hydrogens is 120 g/mol. The highest BCUT2D eigenvalue weighted by Gasteiger charge is 2.33. The van der Waals surface area contributed by atoms with E-state index >= 15 is 0 Å². The van der Waals surface area contributed by atoms with Crippen molar-refractivity contribution in [2.24, 2.45) is 0 Å². The van der Waals surface area contributed by atoms with E-state index in [1.807, 2.05) is 0 Å². The Balaban J connectivity index is 2.56. The number of rotatable bonds is 0. The smallest absolute Gasteiger partial charge is 0.441 e. The van der Waals surface area contributed by atoms with Gasteiger partial charge in [-0.25, -0.2) is 9.18 Å². The Labute approximate surface area is 43.8 Å². The van der Waals surface area contributed by atoms with E-state index in [2.05, 4.69) is 4.74 Å². The highest BCUT2D eigenvalue weighted by molar-refractivity contribution is 5.68. The van der Waals surface area contributed by atoms with Crippen LogP contribution >= 0.6 is 0 Å². The Hall–Kier alpha value is -0.870. The largest absolute Gasteiger partial charge is 0.442 e. The van der Waals surface area contributed by atoms with Crippen molar-refractivity contribution >= 4 is 6.09 Å². The molecule has 5 heteroatoms. The molecule has 0 radical (unpaired) electrons. The zero-order chi connectivity index (χ0) is 6.15. The predicted molar refractivity (Wildman–Crippen MR) is 19.2 cm³/mol. The van der Waals surface area contributed by atoms with Crippen molar-refractivity contribution in [2.45, 2.75) is 6.30 Å². The number of nitrogens with zero attached hydrogens (tertiary/aromatic N) is 1. The molecule has 8 heavy (non-hydrogen) atoms.